The smallest absolute Gasteiger partial charge is 0.417 e. The molecule has 0 aliphatic heterocycles. The van der Waals surface area contributed by atoms with Gasteiger partial charge in [-0.05, 0) is 6.07 Å². The van der Waals surface area contributed by atoms with Crippen LogP contribution in [-0.2, 0) is 15.7 Å². The molecule has 0 saturated carbocycles. The van der Waals surface area contributed by atoms with E-state index < -0.39 is 17.7 Å². The number of hydrogen-bond acceptors (Lipinski definition) is 4. The topological polar surface area (TPSA) is 65.2 Å². The van der Waals surface area contributed by atoms with Crippen LogP contribution < -0.4 is 5.73 Å². The number of esters is 1. The summed E-state index contributed by atoms with van der Waals surface area (Å²) in [5, 5.41) is 0. The number of ether oxygens (including phenoxy) is 1. The fourth-order valence-corrected chi connectivity index (χ4v) is 1.01. The molecule has 0 saturated heterocycles. The highest BCUT2D eigenvalue weighted by atomic mass is 19.4. The average molecular weight is 258 g/mol. The minimum Gasteiger partial charge on any atom is -0.468 e. The number of nitrogen functional groups attached to an aromatic ring is 1. The molecule has 0 fully saturated rings. The number of methoxy groups -OCH3 is 1. The third kappa shape index (κ3) is 3.66. The molecule has 0 unspecified atom stereocenters. The Morgan fingerprint density at radius 1 is 1.56 bits per heavy atom. The molecule has 1 rings (SSSR count). The van der Waals surface area contributed by atoms with E-state index in [2.05, 4.69) is 21.6 Å². The zero-order valence-electron chi connectivity index (χ0n) is 9.34. The Bertz CT molecular complexity index is 515. The lowest BCUT2D eigenvalue weighted by atomic mass is 10.2. The Balaban J connectivity index is 2.98. The molecule has 0 atom stereocenters. The maximum atomic E-state index is 12.4. The van der Waals surface area contributed by atoms with Crippen molar-refractivity contribution >= 4 is 11.8 Å². The van der Waals surface area contributed by atoms with Crippen LogP contribution in [0.4, 0.5) is 19.0 Å². The maximum absolute atomic E-state index is 12.4. The van der Waals surface area contributed by atoms with Gasteiger partial charge < -0.3 is 10.5 Å². The van der Waals surface area contributed by atoms with E-state index in [9.17, 15) is 18.0 Å². The summed E-state index contributed by atoms with van der Waals surface area (Å²) in [6.45, 7) is 0. The summed E-state index contributed by atoms with van der Waals surface area (Å²) in [6.07, 6.45) is -4.12. The lowest BCUT2D eigenvalue weighted by Crippen LogP contribution is -2.07. The molecular weight excluding hydrogens is 249 g/mol. The second kappa shape index (κ2) is 5.40. The minimum absolute atomic E-state index is 0.0753. The lowest BCUT2D eigenvalue weighted by Gasteiger charge is -2.06. The van der Waals surface area contributed by atoms with Gasteiger partial charge in [-0.15, -0.1) is 0 Å². The third-order valence-corrected chi connectivity index (χ3v) is 1.93. The summed E-state index contributed by atoms with van der Waals surface area (Å²) in [6, 6.07) is 0.784. The van der Waals surface area contributed by atoms with E-state index in [0.29, 0.717) is 6.20 Å². The van der Waals surface area contributed by atoms with E-state index in [1.807, 2.05) is 0 Å². The van der Waals surface area contributed by atoms with Crippen molar-refractivity contribution in [1.82, 2.24) is 4.98 Å². The number of rotatable bonds is 1. The Labute approximate surface area is 101 Å². The molecule has 1 aromatic rings. The molecule has 0 aliphatic rings. The van der Waals surface area contributed by atoms with Crippen LogP contribution in [0.2, 0.25) is 0 Å². The van der Waals surface area contributed by atoms with E-state index in [4.69, 9.17) is 5.73 Å². The van der Waals surface area contributed by atoms with E-state index in [0.717, 1.165) is 6.07 Å². The van der Waals surface area contributed by atoms with Crippen molar-refractivity contribution < 1.29 is 22.7 Å². The van der Waals surface area contributed by atoms with Crippen molar-refractivity contribution in [3.63, 3.8) is 0 Å². The van der Waals surface area contributed by atoms with Crippen molar-refractivity contribution in [2.45, 2.75) is 12.6 Å². The average Bonchev–Trinajstić information content (AvgIpc) is 2.29. The van der Waals surface area contributed by atoms with Gasteiger partial charge in [-0.2, -0.15) is 13.2 Å². The molecule has 1 heterocycles. The van der Waals surface area contributed by atoms with Gasteiger partial charge in [0.1, 0.15) is 12.2 Å². The van der Waals surface area contributed by atoms with Crippen molar-refractivity contribution in [2.24, 2.45) is 0 Å². The number of halogens is 3. The molecule has 0 radical (unpaired) electrons. The number of nitrogens with two attached hydrogens (primary N) is 1. The van der Waals surface area contributed by atoms with Gasteiger partial charge in [0.15, 0.2) is 0 Å². The van der Waals surface area contributed by atoms with E-state index >= 15 is 0 Å². The highest BCUT2D eigenvalue weighted by molar-refractivity contribution is 5.72. The summed E-state index contributed by atoms with van der Waals surface area (Å²) in [7, 11) is 1.18. The zero-order chi connectivity index (χ0) is 13.8. The number of aromatic nitrogens is 1. The highest BCUT2D eigenvalue weighted by Gasteiger charge is 2.31. The van der Waals surface area contributed by atoms with Gasteiger partial charge in [0.2, 0.25) is 0 Å². The van der Waals surface area contributed by atoms with Crippen LogP contribution in [0, 0.1) is 11.8 Å². The monoisotopic (exact) mass is 258 g/mol. The standard InChI is InChI=1S/C11H9F3N2O2/c1-18-9(17)4-2-3-7-5-8(11(12,13)14)6-16-10(7)15/h5-6H,4H2,1H3,(H2,15,16). The maximum Gasteiger partial charge on any atom is 0.417 e. The van der Waals surface area contributed by atoms with E-state index in [1.54, 1.807) is 0 Å². The molecule has 0 bridgehead atoms. The minimum atomic E-state index is -4.51. The van der Waals surface area contributed by atoms with Gasteiger partial charge in [0.05, 0.1) is 18.2 Å². The van der Waals surface area contributed by atoms with Crippen molar-refractivity contribution in [3.05, 3.63) is 23.4 Å². The molecule has 0 amide bonds. The van der Waals surface area contributed by atoms with E-state index in [-0.39, 0.29) is 17.8 Å². The van der Waals surface area contributed by atoms with Crippen LogP contribution in [0.5, 0.6) is 0 Å². The molecule has 0 aromatic carbocycles. The first kappa shape index (κ1) is 13.8. The van der Waals surface area contributed by atoms with Gasteiger partial charge in [-0.1, -0.05) is 11.8 Å². The SMILES string of the molecule is COC(=O)CC#Cc1cc(C(F)(F)F)cnc1N. The molecule has 7 heteroatoms. The summed E-state index contributed by atoms with van der Waals surface area (Å²) < 4.78 is 41.5. The summed E-state index contributed by atoms with van der Waals surface area (Å²) >= 11 is 0. The molecule has 0 aliphatic carbocycles. The normalized spacial score (nSPS) is 10.4. The first-order chi connectivity index (χ1) is 8.34. The third-order valence-electron chi connectivity index (χ3n) is 1.93. The number of nitrogens with zero attached hydrogens (tertiary/aromatic N) is 1. The summed E-state index contributed by atoms with van der Waals surface area (Å²) in [5.74, 6) is 4.01. The summed E-state index contributed by atoms with van der Waals surface area (Å²) in [4.78, 5) is 14.2. The number of alkyl halides is 3. The molecule has 1 aromatic heterocycles. The molecule has 0 spiro atoms. The van der Waals surface area contributed by atoms with Crippen molar-refractivity contribution in [3.8, 4) is 11.8 Å². The number of carbonyl (C=O) groups excluding carboxylic acids is 1. The lowest BCUT2D eigenvalue weighted by molar-refractivity contribution is -0.139. The van der Waals surface area contributed by atoms with Gasteiger partial charge in [-0.25, -0.2) is 4.98 Å². The molecule has 96 valence electrons. The summed E-state index contributed by atoms with van der Waals surface area (Å²) in [5.41, 5.74) is 4.36. The molecular formula is C11H9F3N2O2. The quantitative estimate of drug-likeness (QED) is 0.613. The number of carbonyl (C=O) groups is 1. The first-order valence-corrected chi connectivity index (χ1v) is 4.73. The fraction of sp³-hybridized carbons (Fsp3) is 0.273. The highest BCUT2D eigenvalue weighted by Crippen LogP contribution is 2.29. The zero-order valence-corrected chi connectivity index (χ0v) is 9.34. The van der Waals surface area contributed by atoms with Gasteiger partial charge in [0.25, 0.3) is 0 Å². The van der Waals surface area contributed by atoms with Gasteiger partial charge in [0, 0.05) is 6.20 Å². The number of pyridine rings is 1. The van der Waals surface area contributed by atoms with Crippen LogP contribution in [0.3, 0.4) is 0 Å². The Kier molecular flexibility index (Phi) is 4.15. The van der Waals surface area contributed by atoms with Crippen LogP contribution in [0.1, 0.15) is 17.5 Å². The molecule has 4 nitrogen and oxygen atoms in total. The predicted molar refractivity (Wildman–Crippen MR) is 57.2 cm³/mol. The van der Waals surface area contributed by atoms with Gasteiger partial charge >= 0.3 is 12.1 Å². The van der Waals surface area contributed by atoms with E-state index in [1.165, 1.54) is 7.11 Å². The largest absolute Gasteiger partial charge is 0.468 e. The Morgan fingerprint density at radius 3 is 2.78 bits per heavy atom. The number of hydrogen-bond donors (Lipinski definition) is 1. The molecule has 18 heavy (non-hydrogen) atoms. The van der Waals surface area contributed by atoms with Crippen molar-refractivity contribution in [1.29, 1.82) is 0 Å². The van der Waals surface area contributed by atoms with Gasteiger partial charge in [-0.3, -0.25) is 4.79 Å². The Hall–Kier alpha value is -2.23. The Morgan fingerprint density at radius 2 is 2.22 bits per heavy atom. The fourth-order valence-electron chi connectivity index (χ4n) is 1.01. The molecule has 2 N–H and O–H groups in total. The second-order valence-corrected chi connectivity index (χ2v) is 3.21. The first-order valence-electron chi connectivity index (χ1n) is 4.73. The van der Waals surface area contributed by atoms with Crippen molar-refractivity contribution in [2.75, 3.05) is 12.8 Å². The predicted octanol–water partition coefficient (Wildman–Crippen LogP) is 1.60. The second-order valence-electron chi connectivity index (χ2n) is 3.21. The van der Waals surface area contributed by atoms with Crippen LogP contribution in [0.25, 0.3) is 0 Å². The van der Waals surface area contributed by atoms with Crippen LogP contribution >= 0.6 is 0 Å². The van der Waals surface area contributed by atoms with Crippen LogP contribution in [-0.4, -0.2) is 18.1 Å². The van der Waals surface area contributed by atoms with Crippen LogP contribution in [0.15, 0.2) is 12.3 Å². The number of anilines is 1.